The Labute approximate surface area is 147 Å². The maximum atomic E-state index is 12.2. The van der Waals surface area contributed by atoms with Crippen LogP contribution in [0.15, 0.2) is 0 Å². The van der Waals surface area contributed by atoms with Crippen LogP contribution in [0.4, 0.5) is 4.79 Å². The van der Waals surface area contributed by atoms with E-state index in [0.717, 1.165) is 37.3 Å². The Bertz CT molecular complexity index is 634. The molecule has 0 aromatic carbocycles. The second-order valence-corrected chi connectivity index (χ2v) is 7.46. The third kappa shape index (κ3) is 4.29. The topological polar surface area (TPSA) is 109 Å². The van der Waals surface area contributed by atoms with Gasteiger partial charge in [0.15, 0.2) is 5.82 Å². The molecule has 3 N–H and O–H groups in total. The first kappa shape index (κ1) is 17.7. The third-order valence-electron chi connectivity index (χ3n) is 5.14. The first-order chi connectivity index (χ1) is 11.9. The van der Waals surface area contributed by atoms with Gasteiger partial charge in [-0.2, -0.15) is 5.10 Å². The molecule has 8 heteroatoms. The standard InChI is InChI=1S/C17H27N5O3/c1-10(2)15-20-14-8-7-13(9-22(14)21-15)19-17(25)18-12-5-3-11(4-6-12)16(23)24/h10-13H,3-9H2,1-2H3,(H,23,24)(H2,18,19,25). The molecule has 2 heterocycles. The number of aryl methyl sites for hydroxylation is 1. The van der Waals surface area contributed by atoms with Gasteiger partial charge in [0.2, 0.25) is 0 Å². The molecule has 1 aliphatic heterocycles. The van der Waals surface area contributed by atoms with Gasteiger partial charge in [0, 0.05) is 18.4 Å². The van der Waals surface area contributed by atoms with Crippen molar-refractivity contribution in [3.8, 4) is 0 Å². The third-order valence-corrected chi connectivity index (χ3v) is 5.14. The van der Waals surface area contributed by atoms with E-state index in [4.69, 9.17) is 5.11 Å². The zero-order valence-corrected chi connectivity index (χ0v) is 14.9. The summed E-state index contributed by atoms with van der Waals surface area (Å²) in [5.41, 5.74) is 0. The predicted molar refractivity (Wildman–Crippen MR) is 91.3 cm³/mol. The highest BCUT2D eigenvalue weighted by Gasteiger charge is 2.28. The Morgan fingerprint density at radius 3 is 2.44 bits per heavy atom. The summed E-state index contributed by atoms with van der Waals surface area (Å²) in [6.45, 7) is 4.79. The minimum atomic E-state index is -0.727. The molecule has 1 aromatic heterocycles. The fraction of sp³-hybridized carbons (Fsp3) is 0.765. The smallest absolute Gasteiger partial charge is 0.315 e. The van der Waals surface area contributed by atoms with Gasteiger partial charge in [-0.05, 0) is 32.1 Å². The van der Waals surface area contributed by atoms with Crippen LogP contribution in [0.3, 0.4) is 0 Å². The van der Waals surface area contributed by atoms with Gasteiger partial charge in [-0.3, -0.25) is 4.79 Å². The molecule has 138 valence electrons. The van der Waals surface area contributed by atoms with E-state index < -0.39 is 5.97 Å². The molecule has 0 saturated heterocycles. The largest absolute Gasteiger partial charge is 0.481 e. The molecule has 1 fully saturated rings. The zero-order chi connectivity index (χ0) is 18.0. The van der Waals surface area contributed by atoms with Crippen molar-refractivity contribution in [3.63, 3.8) is 0 Å². The van der Waals surface area contributed by atoms with Crippen LogP contribution >= 0.6 is 0 Å². The predicted octanol–water partition coefficient (Wildman–Crippen LogP) is 1.66. The summed E-state index contributed by atoms with van der Waals surface area (Å²) >= 11 is 0. The number of carbonyl (C=O) groups is 2. The Morgan fingerprint density at radius 1 is 1.12 bits per heavy atom. The number of aromatic nitrogens is 3. The first-order valence-corrected chi connectivity index (χ1v) is 9.15. The van der Waals surface area contributed by atoms with E-state index >= 15 is 0 Å². The molecule has 0 radical (unpaired) electrons. The highest BCUT2D eigenvalue weighted by Crippen LogP contribution is 2.24. The van der Waals surface area contributed by atoms with Gasteiger partial charge in [-0.15, -0.1) is 0 Å². The fourth-order valence-corrected chi connectivity index (χ4v) is 3.59. The van der Waals surface area contributed by atoms with E-state index in [0.29, 0.717) is 25.3 Å². The highest BCUT2D eigenvalue weighted by atomic mass is 16.4. The minimum Gasteiger partial charge on any atom is -0.481 e. The Balaban J connectivity index is 1.47. The number of fused-ring (bicyclic) bond motifs is 1. The van der Waals surface area contributed by atoms with Crippen LogP contribution in [0.2, 0.25) is 0 Å². The SMILES string of the molecule is CC(C)c1nc2n(n1)CC(NC(=O)NC1CCC(C(=O)O)CC1)CC2. The molecule has 2 aliphatic rings. The molecule has 3 rings (SSSR count). The molecule has 1 saturated carbocycles. The monoisotopic (exact) mass is 349 g/mol. The van der Waals surface area contributed by atoms with E-state index in [9.17, 15) is 9.59 Å². The number of carbonyl (C=O) groups excluding carboxylic acids is 1. The van der Waals surface area contributed by atoms with Crippen LogP contribution in [0.1, 0.15) is 63.5 Å². The average Bonchev–Trinajstić information content (AvgIpc) is 2.99. The highest BCUT2D eigenvalue weighted by molar-refractivity contribution is 5.74. The van der Waals surface area contributed by atoms with Crippen molar-refractivity contribution in [2.45, 2.75) is 76.9 Å². The summed E-state index contributed by atoms with van der Waals surface area (Å²) in [6, 6.07) is -0.0605. The number of carboxylic acids is 1. The molecule has 25 heavy (non-hydrogen) atoms. The van der Waals surface area contributed by atoms with Gasteiger partial charge in [0.1, 0.15) is 5.82 Å². The number of nitrogens with zero attached hydrogens (tertiary/aromatic N) is 3. The number of rotatable bonds is 4. The van der Waals surface area contributed by atoms with E-state index in [-0.39, 0.29) is 24.0 Å². The van der Waals surface area contributed by atoms with Crippen LogP contribution in [0.5, 0.6) is 0 Å². The van der Waals surface area contributed by atoms with Gasteiger partial charge in [0.25, 0.3) is 0 Å². The number of nitrogens with one attached hydrogen (secondary N) is 2. The number of aliphatic carboxylic acids is 1. The Morgan fingerprint density at radius 2 is 1.80 bits per heavy atom. The van der Waals surface area contributed by atoms with Crippen molar-refractivity contribution in [1.82, 2.24) is 25.4 Å². The van der Waals surface area contributed by atoms with Gasteiger partial charge in [-0.1, -0.05) is 13.8 Å². The minimum absolute atomic E-state index is 0.0459. The quantitative estimate of drug-likeness (QED) is 0.766. The number of carboxylic acid groups (broad SMARTS) is 1. The molecule has 1 atom stereocenters. The van der Waals surface area contributed by atoms with Crippen molar-refractivity contribution >= 4 is 12.0 Å². The van der Waals surface area contributed by atoms with Gasteiger partial charge in [-0.25, -0.2) is 14.5 Å². The second kappa shape index (κ2) is 7.41. The van der Waals surface area contributed by atoms with Crippen LogP contribution < -0.4 is 10.6 Å². The van der Waals surface area contributed by atoms with Crippen molar-refractivity contribution in [1.29, 1.82) is 0 Å². The van der Waals surface area contributed by atoms with Crippen molar-refractivity contribution < 1.29 is 14.7 Å². The number of hydrogen-bond donors (Lipinski definition) is 3. The molecule has 2 amide bonds. The maximum absolute atomic E-state index is 12.2. The lowest BCUT2D eigenvalue weighted by Crippen LogP contribution is -2.49. The lowest BCUT2D eigenvalue weighted by molar-refractivity contribution is -0.142. The lowest BCUT2D eigenvalue weighted by atomic mass is 9.86. The van der Waals surface area contributed by atoms with E-state index in [1.807, 2.05) is 4.68 Å². The lowest BCUT2D eigenvalue weighted by Gasteiger charge is -2.28. The molecule has 0 spiro atoms. The molecule has 8 nitrogen and oxygen atoms in total. The molecule has 0 bridgehead atoms. The summed E-state index contributed by atoms with van der Waals surface area (Å²) in [5, 5.41) is 19.6. The summed E-state index contributed by atoms with van der Waals surface area (Å²) in [6.07, 6.45) is 4.37. The second-order valence-electron chi connectivity index (χ2n) is 7.46. The van der Waals surface area contributed by atoms with Gasteiger partial charge < -0.3 is 15.7 Å². The summed E-state index contributed by atoms with van der Waals surface area (Å²) in [5.74, 6) is 1.16. The van der Waals surface area contributed by atoms with Crippen molar-refractivity contribution in [2.75, 3.05) is 0 Å². The molecular weight excluding hydrogens is 322 g/mol. The molecule has 1 unspecified atom stereocenters. The number of amides is 2. The van der Waals surface area contributed by atoms with Gasteiger partial charge in [0.05, 0.1) is 18.5 Å². The van der Waals surface area contributed by atoms with Crippen molar-refractivity contribution in [2.24, 2.45) is 5.92 Å². The summed E-state index contributed by atoms with van der Waals surface area (Å²) in [4.78, 5) is 27.8. The van der Waals surface area contributed by atoms with Gasteiger partial charge >= 0.3 is 12.0 Å². The normalized spacial score (nSPS) is 26.1. The van der Waals surface area contributed by atoms with E-state index in [2.05, 4.69) is 34.6 Å². The maximum Gasteiger partial charge on any atom is 0.315 e. The van der Waals surface area contributed by atoms with Crippen LogP contribution in [0, 0.1) is 5.92 Å². The van der Waals surface area contributed by atoms with Crippen LogP contribution in [-0.4, -0.2) is 44.0 Å². The molecule has 1 aromatic rings. The van der Waals surface area contributed by atoms with E-state index in [1.54, 1.807) is 0 Å². The number of hydrogen-bond acceptors (Lipinski definition) is 4. The summed E-state index contributed by atoms with van der Waals surface area (Å²) < 4.78 is 1.90. The first-order valence-electron chi connectivity index (χ1n) is 9.15. The Hall–Kier alpha value is -2.12. The van der Waals surface area contributed by atoms with Crippen LogP contribution in [-0.2, 0) is 17.8 Å². The summed E-state index contributed by atoms with van der Waals surface area (Å²) in [7, 11) is 0. The molecule has 1 aliphatic carbocycles. The Kier molecular flexibility index (Phi) is 5.24. The van der Waals surface area contributed by atoms with E-state index in [1.165, 1.54) is 0 Å². The number of urea groups is 1. The fourth-order valence-electron chi connectivity index (χ4n) is 3.59. The average molecular weight is 349 g/mol. The van der Waals surface area contributed by atoms with Crippen molar-refractivity contribution in [3.05, 3.63) is 11.6 Å². The molecular formula is C17H27N5O3. The zero-order valence-electron chi connectivity index (χ0n) is 14.9. The van der Waals surface area contributed by atoms with Crippen LogP contribution in [0.25, 0.3) is 0 Å².